The topological polar surface area (TPSA) is 87.2 Å². The summed E-state index contributed by atoms with van der Waals surface area (Å²) < 4.78 is 22.5. The number of pyridine rings is 1. The summed E-state index contributed by atoms with van der Waals surface area (Å²) in [6, 6.07) is 9.73. The third-order valence-electron chi connectivity index (χ3n) is 6.14. The summed E-state index contributed by atoms with van der Waals surface area (Å²) in [6.45, 7) is 13.4. The maximum absolute atomic E-state index is 12.6. The molecular formula is C26H35BN2O6. The van der Waals surface area contributed by atoms with E-state index in [4.69, 9.17) is 18.8 Å². The fraction of sp³-hybridized carbons (Fsp3) is 0.500. The Morgan fingerprint density at radius 1 is 1.00 bits per heavy atom. The summed E-state index contributed by atoms with van der Waals surface area (Å²) in [4.78, 5) is 30.2. The van der Waals surface area contributed by atoms with E-state index in [1.807, 2.05) is 58.0 Å². The van der Waals surface area contributed by atoms with E-state index >= 15 is 0 Å². The van der Waals surface area contributed by atoms with Crippen molar-refractivity contribution in [1.82, 2.24) is 9.88 Å². The van der Waals surface area contributed by atoms with E-state index < -0.39 is 36.0 Å². The van der Waals surface area contributed by atoms with Gasteiger partial charge in [-0.1, -0.05) is 30.3 Å². The molecule has 1 fully saturated rings. The molecule has 0 unspecified atom stereocenters. The predicted octanol–water partition coefficient (Wildman–Crippen LogP) is 3.96. The molecule has 0 bridgehead atoms. The lowest BCUT2D eigenvalue weighted by Crippen LogP contribution is -2.41. The minimum Gasteiger partial charge on any atom is -0.468 e. The normalized spacial score (nSPS) is 16.6. The highest BCUT2D eigenvalue weighted by Gasteiger charge is 2.51. The van der Waals surface area contributed by atoms with Crippen molar-refractivity contribution in [2.24, 2.45) is 0 Å². The van der Waals surface area contributed by atoms with Gasteiger partial charge in [0, 0.05) is 24.4 Å². The quantitative estimate of drug-likeness (QED) is 0.455. The van der Waals surface area contributed by atoms with E-state index in [0.717, 1.165) is 22.2 Å². The molecule has 0 aliphatic carbocycles. The van der Waals surface area contributed by atoms with Crippen molar-refractivity contribution in [1.29, 1.82) is 0 Å². The van der Waals surface area contributed by atoms with Crippen molar-refractivity contribution in [3.8, 4) is 11.1 Å². The minimum absolute atomic E-state index is 0.201. The Hall–Kier alpha value is -2.91. The van der Waals surface area contributed by atoms with Crippen molar-refractivity contribution < 1.29 is 28.4 Å². The highest BCUT2D eigenvalue weighted by molar-refractivity contribution is 6.62. The molecule has 1 aromatic heterocycles. The van der Waals surface area contributed by atoms with Gasteiger partial charge < -0.3 is 18.8 Å². The monoisotopic (exact) mass is 482 g/mol. The molecule has 1 aliphatic rings. The number of benzene rings is 1. The number of hydrogen-bond donors (Lipinski definition) is 0. The SMILES string of the molecule is COC(=O)CN(Cc1ccc(-c2cncc(B3OC(C)(C)C(C)(C)O3)c2)cc1)C(=O)OC(C)(C)C. The number of aromatic nitrogens is 1. The molecule has 3 rings (SSSR count). The zero-order chi connectivity index (χ0) is 26.0. The standard InChI is InChI=1S/C26H35BN2O6/c1-24(2,3)33-23(31)29(17-22(30)32-8)16-18-9-11-19(12-10-18)20-13-21(15-28-14-20)27-34-25(4,5)26(6,7)35-27/h9-15H,16-17H2,1-8H3. The number of carbonyl (C=O) groups excluding carboxylic acids is 2. The number of carbonyl (C=O) groups is 2. The Morgan fingerprint density at radius 3 is 2.14 bits per heavy atom. The summed E-state index contributed by atoms with van der Waals surface area (Å²) in [5, 5.41) is 0. The average Bonchev–Trinajstić information content (AvgIpc) is 2.99. The maximum Gasteiger partial charge on any atom is 0.496 e. The van der Waals surface area contributed by atoms with Crippen LogP contribution < -0.4 is 5.46 Å². The Morgan fingerprint density at radius 2 is 1.60 bits per heavy atom. The molecule has 0 spiro atoms. The summed E-state index contributed by atoms with van der Waals surface area (Å²) in [5.41, 5.74) is 2.03. The average molecular weight is 482 g/mol. The number of esters is 1. The van der Waals surface area contributed by atoms with Gasteiger partial charge in [0.25, 0.3) is 0 Å². The molecule has 35 heavy (non-hydrogen) atoms. The molecule has 2 aromatic rings. The molecule has 0 radical (unpaired) electrons. The van der Waals surface area contributed by atoms with Crippen LogP contribution >= 0.6 is 0 Å². The first-order valence-corrected chi connectivity index (χ1v) is 11.7. The van der Waals surface area contributed by atoms with Gasteiger partial charge in [0.05, 0.1) is 18.3 Å². The van der Waals surface area contributed by atoms with Gasteiger partial charge in [-0.2, -0.15) is 0 Å². The van der Waals surface area contributed by atoms with E-state index in [1.54, 1.807) is 33.2 Å². The van der Waals surface area contributed by atoms with Gasteiger partial charge in [-0.3, -0.25) is 14.7 Å². The lowest BCUT2D eigenvalue weighted by atomic mass is 9.79. The Labute approximate surface area is 208 Å². The van der Waals surface area contributed by atoms with Crippen molar-refractivity contribution in [2.75, 3.05) is 13.7 Å². The van der Waals surface area contributed by atoms with Crippen LogP contribution in [0.15, 0.2) is 42.7 Å². The zero-order valence-electron chi connectivity index (χ0n) is 21.9. The lowest BCUT2D eigenvalue weighted by molar-refractivity contribution is -0.142. The van der Waals surface area contributed by atoms with Gasteiger partial charge in [-0.15, -0.1) is 0 Å². The summed E-state index contributed by atoms with van der Waals surface area (Å²) >= 11 is 0. The van der Waals surface area contributed by atoms with Crippen LogP contribution in [0.5, 0.6) is 0 Å². The predicted molar refractivity (Wildman–Crippen MR) is 134 cm³/mol. The third-order valence-corrected chi connectivity index (χ3v) is 6.14. The van der Waals surface area contributed by atoms with Crippen LogP contribution in [0.1, 0.15) is 54.0 Å². The van der Waals surface area contributed by atoms with Crippen molar-refractivity contribution in [2.45, 2.75) is 71.8 Å². The first-order valence-electron chi connectivity index (χ1n) is 11.7. The number of rotatable bonds is 6. The summed E-state index contributed by atoms with van der Waals surface area (Å²) in [7, 11) is 0.795. The van der Waals surface area contributed by atoms with Gasteiger partial charge in [0.1, 0.15) is 12.1 Å². The van der Waals surface area contributed by atoms with Crippen molar-refractivity contribution in [3.63, 3.8) is 0 Å². The first-order chi connectivity index (χ1) is 16.2. The molecule has 9 heteroatoms. The third kappa shape index (κ3) is 6.61. The number of amides is 1. The smallest absolute Gasteiger partial charge is 0.468 e. The summed E-state index contributed by atoms with van der Waals surface area (Å²) in [5.74, 6) is -0.516. The molecule has 0 N–H and O–H groups in total. The second-order valence-electron chi connectivity index (χ2n) is 10.7. The fourth-order valence-corrected chi connectivity index (χ4v) is 3.48. The molecule has 1 aliphatic heterocycles. The highest BCUT2D eigenvalue weighted by atomic mass is 16.7. The number of ether oxygens (including phenoxy) is 2. The Kier molecular flexibility index (Phi) is 7.62. The van der Waals surface area contributed by atoms with E-state index in [-0.39, 0.29) is 13.1 Å². The Balaban J connectivity index is 1.76. The number of nitrogens with zero attached hydrogens (tertiary/aromatic N) is 2. The molecule has 8 nitrogen and oxygen atoms in total. The molecular weight excluding hydrogens is 447 g/mol. The molecule has 1 aromatic carbocycles. The minimum atomic E-state index is -0.676. The van der Waals surface area contributed by atoms with Gasteiger partial charge >= 0.3 is 19.2 Å². The van der Waals surface area contributed by atoms with Crippen LogP contribution in [0.3, 0.4) is 0 Å². The highest BCUT2D eigenvalue weighted by Crippen LogP contribution is 2.36. The Bertz CT molecular complexity index is 1050. The largest absolute Gasteiger partial charge is 0.496 e. The number of hydrogen-bond acceptors (Lipinski definition) is 7. The fourth-order valence-electron chi connectivity index (χ4n) is 3.48. The maximum atomic E-state index is 12.6. The molecule has 188 valence electrons. The van der Waals surface area contributed by atoms with E-state index in [1.165, 1.54) is 12.0 Å². The van der Waals surface area contributed by atoms with E-state index in [0.29, 0.717) is 0 Å². The van der Waals surface area contributed by atoms with E-state index in [2.05, 4.69) is 4.98 Å². The van der Waals surface area contributed by atoms with Crippen LogP contribution in [-0.2, 0) is 30.1 Å². The van der Waals surface area contributed by atoms with Crippen LogP contribution in [0.4, 0.5) is 4.79 Å². The van der Waals surface area contributed by atoms with Crippen LogP contribution in [0, 0.1) is 0 Å². The van der Waals surface area contributed by atoms with Crippen LogP contribution in [-0.4, -0.2) is 59.5 Å². The van der Waals surface area contributed by atoms with Crippen molar-refractivity contribution in [3.05, 3.63) is 48.3 Å². The van der Waals surface area contributed by atoms with Crippen LogP contribution in [0.25, 0.3) is 11.1 Å². The van der Waals surface area contributed by atoms with Gasteiger partial charge in [0.2, 0.25) is 0 Å². The van der Waals surface area contributed by atoms with Gasteiger partial charge in [-0.05, 0) is 65.2 Å². The molecule has 1 amide bonds. The van der Waals surface area contributed by atoms with E-state index in [9.17, 15) is 9.59 Å². The van der Waals surface area contributed by atoms with Crippen molar-refractivity contribution >= 4 is 24.6 Å². The molecule has 0 atom stereocenters. The molecule has 2 heterocycles. The summed E-state index contributed by atoms with van der Waals surface area (Å²) in [6.07, 6.45) is 2.96. The number of methoxy groups -OCH3 is 1. The molecule has 0 saturated carbocycles. The zero-order valence-corrected chi connectivity index (χ0v) is 21.9. The first kappa shape index (κ1) is 26.7. The van der Waals surface area contributed by atoms with Gasteiger partial charge in [-0.25, -0.2) is 4.79 Å². The molecule has 1 saturated heterocycles. The lowest BCUT2D eigenvalue weighted by Gasteiger charge is -2.32. The second kappa shape index (κ2) is 9.99. The van der Waals surface area contributed by atoms with Crippen LogP contribution in [0.2, 0.25) is 0 Å². The van der Waals surface area contributed by atoms with Gasteiger partial charge in [0.15, 0.2) is 0 Å². The second-order valence-corrected chi connectivity index (χ2v) is 10.7.